The third kappa shape index (κ3) is 4.61. The molecule has 2 rings (SSSR count). The molecule has 1 aromatic carbocycles. The van der Waals surface area contributed by atoms with Crippen molar-refractivity contribution >= 4 is 28.3 Å². The number of benzene rings is 1. The second-order valence-electron chi connectivity index (χ2n) is 4.77. The van der Waals surface area contributed by atoms with Gasteiger partial charge in [0.25, 0.3) is 0 Å². The van der Waals surface area contributed by atoms with Gasteiger partial charge in [-0.1, -0.05) is 11.8 Å². The molecule has 2 aromatic rings. The Kier molecular flexibility index (Phi) is 6.04. The van der Waals surface area contributed by atoms with Crippen LogP contribution in [-0.4, -0.2) is 37.4 Å². The summed E-state index contributed by atoms with van der Waals surface area (Å²) in [6.07, 6.45) is 1.68. The highest BCUT2D eigenvalue weighted by atomic mass is 127. The average molecular weight is 408 g/mol. The van der Waals surface area contributed by atoms with E-state index in [9.17, 15) is 0 Å². The smallest absolute Gasteiger partial charge is 0.227 e. The van der Waals surface area contributed by atoms with Crippen molar-refractivity contribution in [3.05, 3.63) is 51.2 Å². The van der Waals surface area contributed by atoms with Gasteiger partial charge >= 0.3 is 0 Å². The maximum atomic E-state index is 8.76. The van der Waals surface area contributed by atoms with E-state index >= 15 is 0 Å². The van der Waals surface area contributed by atoms with Crippen LogP contribution in [0.2, 0.25) is 0 Å². The van der Waals surface area contributed by atoms with Gasteiger partial charge in [-0.3, -0.25) is 0 Å². The summed E-state index contributed by atoms with van der Waals surface area (Å²) in [7, 11) is 4.02. The van der Waals surface area contributed by atoms with Crippen LogP contribution in [0.4, 0.5) is 5.69 Å². The highest BCUT2D eigenvalue weighted by molar-refractivity contribution is 14.1. The summed E-state index contributed by atoms with van der Waals surface area (Å²) in [5.74, 6) is 6.75. The summed E-state index contributed by atoms with van der Waals surface area (Å²) >= 11 is 2.15. The SMILES string of the molecule is CN(C)c1ccc(C#Cc2cnc(OCCO)c(I)c2)cc1. The topological polar surface area (TPSA) is 45.6 Å². The van der Waals surface area contributed by atoms with Gasteiger partial charge in [-0.2, -0.15) is 0 Å². The van der Waals surface area contributed by atoms with Crippen LogP contribution in [0.5, 0.6) is 5.88 Å². The fraction of sp³-hybridized carbons (Fsp3) is 0.235. The van der Waals surface area contributed by atoms with Gasteiger partial charge in [0.1, 0.15) is 6.61 Å². The largest absolute Gasteiger partial charge is 0.474 e. The van der Waals surface area contributed by atoms with E-state index in [1.54, 1.807) is 6.20 Å². The lowest BCUT2D eigenvalue weighted by molar-refractivity contribution is 0.196. The zero-order valence-corrected chi connectivity index (χ0v) is 14.7. The molecule has 0 aliphatic carbocycles. The molecule has 22 heavy (non-hydrogen) atoms. The maximum absolute atomic E-state index is 8.76. The van der Waals surface area contributed by atoms with Crippen LogP contribution in [-0.2, 0) is 0 Å². The molecule has 0 fully saturated rings. The quantitative estimate of drug-likeness (QED) is 0.624. The lowest BCUT2D eigenvalue weighted by Crippen LogP contribution is -2.07. The van der Waals surface area contributed by atoms with Gasteiger partial charge in [-0.05, 0) is 52.9 Å². The Labute approximate surface area is 144 Å². The van der Waals surface area contributed by atoms with Crippen molar-refractivity contribution in [2.45, 2.75) is 0 Å². The first-order chi connectivity index (χ1) is 10.6. The van der Waals surface area contributed by atoms with Gasteiger partial charge in [0, 0.05) is 37.1 Å². The predicted octanol–water partition coefficient (Wildman–Crippen LogP) is 2.52. The van der Waals surface area contributed by atoms with Crippen molar-refractivity contribution in [2.75, 3.05) is 32.2 Å². The van der Waals surface area contributed by atoms with Gasteiger partial charge in [0.05, 0.1) is 10.2 Å². The molecule has 1 heterocycles. The van der Waals surface area contributed by atoms with Gasteiger partial charge < -0.3 is 14.7 Å². The molecule has 4 nitrogen and oxygen atoms in total. The fourth-order valence-electron chi connectivity index (χ4n) is 1.73. The van der Waals surface area contributed by atoms with E-state index in [0.29, 0.717) is 5.88 Å². The monoisotopic (exact) mass is 408 g/mol. The Morgan fingerprint density at radius 2 is 1.86 bits per heavy atom. The number of rotatable bonds is 4. The van der Waals surface area contributed by atoms with Crippen molar-refractivity contribution in [3.63, 3.8) is 0 Å². The Morgan fingerprint density at radius 1 is 1.18 bits per heavy atom. The van der Waals surface area contributed by atoms with E-state index in [-0.39, 0.29) is 13.2 Å². The standard InChI is InChI=1S/C17H17IN2O2/c1-20(2)15-7-5-13(6-8-15)3-4-14-11-16(18)17(19-12-14)22-10-9-21/h5-8,11-12,21H,9-10H2,1-2H3. The van der Waals surface area contributed by atoms with Crippen LogP contribution in [0, 0.1) is 15.4 Å². The summed E-state index contributed by atoms with van der Waals surface area (Å²) in [4.78, 5) is 6.27. The molecule has 1 N–H and O–H groups in total. The zero-order valence-electron chi connectivity index (χ0n) is 12.5. The molecule has 0 aliphatic rings. The van der Waals surface area contributed by atoms with Crippen LogP contribution in [0.1, 0.15) is 11.1 Å². The lowest BCUT2D eigenvalue weighted by atomic mass is 10.2. The first-order valence-corrected chi connectivity index (χ1v) is 7.86. The highest BCUT2D eigenvalue weighted by Gasteiger charge is 2.03. The van der Waals surface area contributed by atoms with Crippen molar-refractivity contribution in [2.24, 2.45) is 0 Å². The molecule has 114 valence electrons. The summed E-state index contributed by atoms with van der Waals surface area (Å²) < 4.78 is 6.19. The third-order valence-electron chi connectivity index (χ3n) is 2.87. The molecule has 0 saturated heterocycles. The normalized spacial score (nSPS) is 9.82. The maximum Gasteiger partial charge on any atom is 0.227 e. The van der Waals surface area contributed by atoms with E-state index in [1.807, 2.05) is 44.4 Å². The van der Waals surface area contributed by atoms with Gasteiger partial charge in [-0.15, -0.1) is 0 Å². The number of hydrogen-bond acceptors (Lipinski definition) is 4. The Morgan fingerprint density at radius 3 is 2.45 bits per heavy atom. The minimum absolute atomic E-state index is 0.0255. The lowest BCUT2D eigenvalue weighted by Gasteiger charge is -2.11. The number of aromatic nitrogens is 1. The summed E-state index contributed by atoms with van der Waals surface area (Å²) in [6, 6.07) is 10.00. The van der Waals surface area contributed by atoms with E-state index < -0.39 is 0 Å². The number of pyridine rings is 1. The molecule has 5 heteroatoms. The molecular formula is C17H17IN2O2. The molecule has 0 unspecified atom stereocenters. The van der Waals surface area contributed by atoms with E-state index in [0.717, 1.165) is 20.4 Å². The summed E-state index contributed by atoms with van der Waals surface area (Å²) in [5, 5.41) is 8.76. The molecule has 0 radical (unpaired) electrons. The number of anilines is 1. The molecule has 0 saturated carbocycles. The first-order valence-electron chi connectivity index (χ1n) is 6.79. The third-order valence-corrected chi connectivity index (χ3v) is 3.65. The Balaban J connectivity index is 2.12. The number of aliphatic hydroxyl groups is 1. The second kappa shape index (κ2) is 8.01. The minimum Gasteiger partial charge on any atom is -0.474 e. The molecule has 0 amide bonds. The van der Waals surface area contributed by atoms with Crippen LogP contribution >= 0.6 is 22.6 Å². The molecule has 0 spiro atoms. The fourth-order valence-corrected chi connectivity index (χ4v) is 2.36. The van der Waals surface area contributed by atoms with Gasteiger partial charge in [-0.25, -0.2) is 4.98 Å². The second-order valence-corrected chi connectivity index (χ2v) is 5.94. The molecule has 0 atom stereocenters. The molecule has 0 bridgehead atoms. The average Bonchev–Trinajstić information content (AvgIpc) is 2.52. The molecule has 0 aliphatic heterocycles. The van der Waals surface area contributed by atoms with Crippen molar-refractivity contribution in [1.82, 2.24) is 4.98 Å². The van der Waals surface area contributed by atoms with Crippen molar-refractivity contribution < 1.29 is 9.84 Å². The summed E-state index contributed by atoms with van der Waals surface area (Å²) in [5.41, 5.74) is 2.94. The van der Waals surface area contributed by atoms with Crippen LogP contribution in [0.25, 0.3) is 0 Å². The zero-order chi connectivity index (χ0) is 15.9. The summed E-state index contributed by atoms with van der Waals surface area (Å²) in [6.45, 7) is 0.217. The number of nitrogens with zero attached hydrogens (tertiary/aromatic N) is 2. The van der Waals surface area contributed by atoms with Crippen molar-refractivity contribution in [1.29, 1.82) is 0 Å². The van der Waals surface area contributed by atoms with Crippen molar-refractivity contribution in [3.8, 4) is 17.7 Å². The predicted molar refractivity (Wildman–Crippen MR) is 96.3 cm³/mol. The Bertz CT molecular complexity index is 688. The van der Waals surface area contributed by atoms with Crippen LogP contribution < -0.4 is 9.64 Å². The van der Waals surface area contributed by atoms with E-state index in [2.05, 4.69) is 44.3 Å². The molecule has 1 aromatic heterocycles. The number of halogens is 1. The van der Waals surface area contributed by atoms with Crippen LogP contribution in [0.15, 0.2) is 36.5 Å². The van der Waals surface area contributed by atoms with E-state index in [4.69, 9.17) is 9.84 Å². The van der Waals surface area contributed by atoms with Gasteiger partial charge in [0.15, 0.2) is 0 Å². The Hall–Kier alpha value is -1.78. The number of aliphatic hydroxyl groups excluding tert-OH is 1. The number of hydrogen-bond donors (Lipinski definition) is 1. The van der Waals surface area contributed by atoms with Gasteiger partial charge in [0.2, 0.25) is 5.88 Å². The van der Waals surface area contributed by atoms with Crippen LogP contribution in [0.3, 0.4) is 0 Å². The first kappa shape index (κ1) is 16.6. The number of ether oxygens (including phenoxy) is 1. The highest BCUT2D eigenvalue weighted by Crippen LogP contribution is 2.18. The molecular weight excluding hydrogens is 391 g/mol. The van der Waals surface area contributed by atoms with E-state index in [1.165, 1.54) is 0 Å². The minimum atomic E-state index is -0.0255.